The van der Waals surface area contributed by atoms with E-state index in [0.717, 1.165) is 27.9 Å². The predicted molar refractivity (Wildman–Crippen MR) is 107 cm³/mol. The summed E-state index contributed by atoms with van der Waals surface area (Å²) in [6, 6.07) is 13.2. The van der Waals surface area contributed by atoms with E-state index in [9.17, 15) is 9.59 Å². The van der Waals surface area contributed by atoms with Crippen LogP contribution in [0, 0.1) is 6.92 Å². The average Bonchev–Trinajstić information content (AvgIpc) is 3.19. The number of anilines is 2. The van der Waals surface area contributed by atoms with Crippen LogP contribution in [-0.4, -0.2) is 21.6 Å². The molecule has 2 amide bonds. The van der Waals surface area contributed by atoms with E-state index in [0.29, 0.717) is 17.4 Å². The van der Waals surface area contributed by atoms with Crippen LogP contribution in [0.1, 0.15) is 28.7 Å². The summed E-state index contributed by atoms with van der Waals surface area (Å²) in [5.41, 5.74) is 3.28. The zero-order valence-electron chi connectivity index (χ0n) is 15.1. The summed E-state index contributed by atoms with van der Waals surface area (Å²) in [7, 11) is 0. The minimum Gasteiger partial charge on any atom is -0.324 e. The maximum absolute atomic E-state index is 13.1. The molecule has 1 atom stereocenters. The molecule has 140 valence electrons. The van der Waals surface area contributed by atoms with Gasteiger partial charge in [-0.05, 0) is 35.7 Å². The van der Waals surface area contributed by atoms with Crippen molar-refractivity contribution in [2.75, 3.05) is 10.6 Å². The summed E-state index contributed by atoms with van der Waals surface area (Å²) in [4.78, 5) is 25.8. The van der Waals surface area contributed by atoms with Crippen molar-refractivity contribution in [3.05, 3.63) is 75.9 Å². The molecule has 0 fully saturated rings. The van der Waals surface area contributed by atoms with Crippen LogP contribution in [0.25, 0.3) is 0 Å². The molecular formula is C21H17ClN4O2. The maximum atomic E-state index is 13.1. The van der Waals surface area contributed by atoms with E-state index >= 15 is 0 Å². The summed E-state index contributed by atoms with van der Waals surface area (Å²) in [6.07, 6.45) is 1.76. The molecule has 2 aromatic carbocycles. The highest BCUT2D eigenvalue weighted by molar-refractivity contribution is 6.30. The third-order valence-corrected chi connectivity index (χ3v) is 5.84. The molecule has 2 N–H and O–H groups in total. The molecular weight excluding hydrogens is 376 g/mol. The number of fused-ring (bicyclic) bond motifs is 4. The number of aryl methyl sites for hydroxylation is 1. The molecule has 2 aliphatic rings. The third kappa shape index (κ3) is 2.31. The minimum absolute atomic E-state index is 0.0644. The van der Waals surface area contributed by atoms with E-state index in [1.165, 1.54) is 0 Å². The van der Waals surface area contributed by atoms with Crippen molar-refractivity contribution in [3.8, 4) is 0 Å². The van der Waals surface area contributed by atoms with Gasteiger partial charge in [0.1, 0.15) is 11.2 Å². The topological polar surface area (TPSA) is 76.0 Å². The molecule has 0 bridgehead atoms. The second kappa shape index (κ2) is 5.94. The fraction of sp³-hybridized carbons (Fsp3) is 0.190. The van der Waals surface area contributed by atoms with Crippen molar-refractivity contribution in [2.45, 2.75) is 25.3 Å². The Hall–Kier alpha value is -3.12. The number of hydrogen-bond acceptors (Lipinski definition) is 3. The Balaban J connectivity index is 1.65. The van der Waals surface area contributed by atoms with Gasteiger partial charge in [0.05, 0.1) is 12.7 Å². The molecule has 0 saturated heterocycles. The number of hydrogen-bond donors (Lipinski definition) is 2. The van der Waals surface area contributed by atoms with Gasteiger partial charge in [-0.15, -0.1) is 0 Å². The first-order valence-corrected chi connectivity index (χ1v) is 9.39. The van der Waals surface area contributed by atoms with Gasteiger partial charge in [-0.1, -0.05) is 41.9 Å². The number of carbonyl (C=O) groups excluding carboxylic acids is 2. The summed E-state index contributed by atoms with van der Waals surface area (Å²) in [6.45, 7) is 2.41. The van der Waals surface area contributed by atoms with E-state index in [1.54, 1.807) is 10.9 Å². The first kappa shape index (κ1) is 17.0. The average molecular weight is 393 g/mol. The lowest BCUT2D eigenvalue weighted by Gasteiger charge is -2.31. The molecule has 3 aromatic rings. The number of benzene rings is 2. The largest absolute Gasteiger partial charge is 0.324 e. The fourth-order valence-corrected chi connectivity index (χ4v) is 4.33. The van der Waals surface area contributed by atoms with Crippen molar-refractivity contribution >= 4 is 34.9 Å². The van der Waals surface area contributed by atoms with Gasteiger partial charge < -0.3 is 10.6 Å². The number of aromatic nitrogens is 2. The minimum atomic E-state index is -1.04. The van der Waals surface area contributed by atoms with Gasteiger partial charge >= 0.3 is 0 Å². The summed E-state index contributed by atoms with van der Waals surface area (Å²) in [5.74, 6) is 0.185. The lowest BCUT2D eigenvalue weighted by atomic mass is 9.71. The number of rotatable bonds is 2. The van der Waals surface area contributed by atoms with Crippen LogP contribution in [-0.2, 0) is 21.5 Å². The number of nitrogens with one attached hydrogen (secondary N) is 2. The first-order chi connectivity index (χ1) is 13.5. The van der Waals surface area contributed by atoms with Gasteiger partial charge in [0.25, 0.3) is 0 Å². The highest BCUT2D eigenvalue weighted by Crippen LogP contribution is 2.50. The normalized spacial score (nSPS) is 19.9. The smallest absolute Gasteiger partial charge is 0.240 e. The molecule has 5 rings (SSSR count). The highest BCUT2D eigenvalue weighted by atomic mass is 35.5. The van der Waals surface area contributed by atoms with Crippen molar-refractivity contribution in [3.63, 3.8) is 0 Å². The molecule has 7 heteroatoms. The van der Waals surface area contributed by atoms with Crippen LogP contribution in [0.5, 0.6) is 0 Å². The van der Waals surface area contributed by atoms with E-state index < -0.39 is 5.41 Å². The number of nitrogens with zero attached hydrogens (tertiary/aromatic N) is 2. The summed E-state index contributed by atoms with van der Waals surface area (Å²) < 4.78 is 1.72. The predicted octanol–water partition coefficient (Wildman–Crippen LogP) is 3.47. The molecule has 1 spiro atoms. The van der Waals surface area contributed by atoms with E-state index in [1.807, 2.05) is 49.4 Å². The van der Waals surface area contributed by atoms with Crippen LogP contribution in [0.15, 0.2) is 48.7 Å². The van der Waals surface area contributed by atoms with E-state index in [-0.39, 0.29) is 18.2 Å². The summed E-state index contributed by atoms with van der Waals surface area (Å²) in [5, 5.41) is 11.0. The van der Waals surface area contributed by atoms with Gasteiger partial charge in [-0.2, -0.15) is 5.10 Å². The number of amides is 2. The molecule has 28 heavy (non-hydrogen) atoms. The Morgan fingerprint density at radius 2 is 1.89 bits per heavy atom. The molecule has 0 saturated carbocycles. The second-order valence-electron chi connectivity index (χ2n) is 7.27. The van der Waals surface area contributed by atoms with Crippen LogP contribution in [0.4, 0.5) is 11.5 Å². The van der Waals surface area contributed by atoms with Crippen molar-refractivity contribution in [1.29, 1.82) is 0 Å². The van der Waals surface area contributed by atoms with E-state index in [4.69, 9.17) is 11.6 Å². The molecule has 3 heterocycles. The highest BCUT2D eigenvalue weighted by Gasteiger charge is 2.54. The monoisotopic (exact) mass is 392 g/mol. The molecule has 0 radical (unpaired) electrons. The van der Waals surface area contributed by atoms with Crippen molar-refractivity contribution in [2.24, 2.45) is 0 Å². The Morgan fingerprint density at radius 1 is 1.11 bits per heavy atom. The van der Waals surface area contributed by atoms with Gasteiger partial charge in [-0.25, -0.2) is 4.68 Å². The summed E-state index contributed by atoms with van der Waals surface area (Å²) >= 11 is 5.96. The van der Waals surface area contributed by atoms with Crippen molar-refractivity contribution < 1.29 is 9.59 Å². The van der Waals surface area contributed by atoms with Gasteiger partial charge in [0, 0.05) is 22.7 Å². The zero-order valence-corrected chi connectivity index (χ0v) is 15.9. The SMILES string of the molecule is Cc1cccc2c1NC(=O)C21CC(=O)Nc2c1cnn2Cc1ccc(Cl)cc1. The molecule has 1 unspecified atom stereocenters. The lowest BCUT2D eigenvalue weighted by molar-refractivity contribution is -0.125. The molecule has 2 aliphatic heterocycles. The lowest BCUT2D eigenvalue weighted by Crippen LogP contribution is -2.43. The standard InChI is InChI=1S/C21H17ClN4O2/c1-12-3-2-4-15-18(12)25-20(28)21(15)9-17(27)24-19-16(21)10-23-26(19)11-13-5-7-14(22)8-6-13/h2-8,10H,9,11H2,1H3,(H,24,27)(H,25,28). The Kier molecular flexibility index (Phi) is 3.61. The van der Waals surface area contributed by atoms with Crippen LogP contribution in [0.2, 0.25) is 5.02 Å². The second-order valence-corrected chi connectivity index (χ2v) is 7.71. The Morgan fingerprint density at radius 3 is 2.68 bits per heavy atom. The van der Waals surface area contributed by atoms with Crippen LogP contribution >= 0.6 is 11.6 Å². The Labute approximate surface area is 166 Å². The van der Waals surface area contributed by atoms with Crippen LogP contribution in [0.3, 0.4) is 0 Å². The molecule has 1 aromatic heterocycles. The molecule has 6 nitrogen and oxygen atoms in total. The zero-order chi connectivity index (χ0) is 19.5. The van der Waals surface area contributed by atoms with Crippen molar-refractivity contribution in [1.82, 2.24) is 9.78 Å². The number of para-hydroxylation sites is 1. The third-order valence-electron chi connectivity index (χ3n) is 5.59. The maximum Gasteiger partial charge on any atom is 0.240 e. The van der Waals surface area contributed by atoms with E-state index in [2.05, 4.69) is 15.7 Å². The Bertz CT molecular complexity index is 1140. The number of carbonyl (C=O) groups is 2. The van der Waals surface area contributed by atoms with Gasteiger partial charge in [-0.3, -0.25) is 9.59 Å². The fourth-order valence-electron chi connectivity index (χ4n) is 4.20. The molecule has 0 aliphatic carbocycles. The first-order valence-electron chi connectivity index (χ1n) is 9.01. The van der Waals surface area contributed by atoms with Crippen LogP contribution < -0.4 is 10.6 Å². The quantitative estimate of drug-likeness (QED) is 0.701. The van der Waals surface area contributed by atoms with Gasteiger partial charge in [0.15, 0.2) is 0 Å². The number of halogens is 1. The van der Waals surface area contributed by atoms with Gasteiger partial charge in [0.2, 0.25) is 11.8 Å².